The van der Waals surface area contributed by atoms with Gasteiger partial charge in [0.25, 0.3) is 5.91 Å². The third-order valence-corrected chi connectivity index (χ3v) is 4.76. The molecule has 1 N–H and O–H groups in total. The van der Waals surface area contributed by atoms with E-state index in [0.29, 0.717) is 34.9 Å². The molecule has 3 aromatic rings. The second-order valence-corrected chi connectivity index (χ2v) is 6.84. The van der Waals surface area contributed by atoms with Gasteiger partial charge in [-0.3, -0.25) is 4.79 Å². The standard InChI is InChI=1S/C20H18FNO4S/c21-17-4-2-1-3-15(17)13-27-10-9-22-19(23)12-25-16-7-5-14-6-8-20(24)26-18(14)11-16/h1-8,11H,9-10,12-13H2,(H,22,23). The normalized spacial score (nSPS) is 10.7. The van der Waals surface area contributed by atoms with Crippen LogP contribution in [0.2, 0.25) is 0 Å². The maximum atomic E-state index is 13.5. The van der Waals surface area contributed by atoms with Crippen molar-refractivity contribution in [1.29, 1.82) is 0 Å². The Morgan fingerprint density at radius 1 is 1.15 bits per heavy atom. The van der Waals surface area contributed by atoms with Crippen LogP contribution >= 0.6 is 11.8 Å². The lowest BCUT2D eigenvalue weighted by Crippen LogP contribution is -2.30. The highest BCUT2D eigenvalue weighted by Crippen LogP contribution is 2.19. The van der Waals surface area contributed by atoms with E-state index >= 15 is 0 Å². The fourth-order valence-electron chi connectivity index (χ4n) is 2.39. The van der Waals surface area contributed by atoms with Crippen LogP contribution in [0.25, 0.3) is 11.0 Å². The molecule has 1 amide bonds. The summed E-state index contributed by atoms with van der Waals surface area (Å²) in [7, 11) is 0. The Bertz CT molecular complexity index is 989. The Kier molecular flexibility index (Phi) is 6.49. The molecular weight excluding hydrogens is 369 g/mol. The highest BCUT2D eigenvalue weighted by atomic mass is 32.2. The van der Waals surface area contributed by atoms with Gasteiger partial charge in [-0.25, -0.2) is 9.18 Å². The summed E-state index contributed by atoms with van der Waals surface area (Å²) in [5.74, 6) is 1.20. The zero-order chi connectivity index (χ0) is 19.1. The Morgan fingerprint density at radius 3 is 2.81 bits per heavy atom. The zero-order valence-electron chi connectivity index (χ0n) is 14.4. The number of rotatable bonds is 8. The van der Waals surface area contributed by atoms with Gasteiger partial charge in [0.05, 0.1) is 0 Å². The van der Waals surface area contributed by atoms with Gasteiger partial charge in [-0.1, -0.05) is 18.2 Å². The number of carbonyl (C=O) groups is 1. The molecule has 0 aliphatic rings. The van der Waals surface area contributed by atoms with E-state index in [0.717, 1.165) is 5.39 Å². The minimum Gasteiger partial charge on any atom is -0.484 e. The SMILES string of the molecule is O=C(COc1ccc2ccc(=O)oc2c1)NCCSCc1ccccc1F. The van der Waals surface area contributed by atoms with E-state index < -0.39 is 5.63 Å². The fourth-order valence-corrected chi connectivity index (χ4v) is 3.24. The van der Waals surface area contributed by atoms with Gasteiger partial charge in [0.15, 0.2) is 6.61 Å². The first-order valence-electron chi connectivity index (χ1n) is 8.36. The molecule has 0 saturated heterocycles. The highest BCUT2D eigenvalue weighted by Gasteiger charge is 2.05. The van der Waals surface area contributed by atoms with Crippen LogP contribution in [-0.4, -0.2) is 24.8 Å². The number of halogens is 1. The summed E-state index contributed by atoms with van der Waals surface area (Å²) >= 11 is 1.54. The van der Waals surface area contributed by atoms with Crippen LogP contribution < -0.4 is 15.7 Å². The minimum atomic E-state index is -0.440. The van der Waals surface area contributed by atoms with Gasteiger partial charge in [0, 0.05) is 35.6 Å². The van der Waals surface area contributed by atoms with Crippen molar-refractivity contribution in [3.05, 3.63) is 76.4 Å². The molecule has 0 aliphatic heterocycles. The Labute approximate surface area is 159 Å². The maximum Gasteiger partial charge on any atom is 0.336 e. The van der Waals surface area contributed by atoms with Crippen LogP contribution in [0.1, 0.15) is 5.56 Å². The first-order chi connectivity index (χ1) is 13.1. The van der Waals surface area contributed by atoms with Crippen molar-refractivity contribution in [1.82, 2.24) is 5.32 Å². The first kappa shape index (κ1) is 19.0. The van der Waals surface area contributed by atoms with Crippen molar-refractivity contribution < 1.29 is 18.3 Å². The van der Waals surface area contributed by atoms with Crippen LogP contribution in [0.15, 0.2) is 63.8 Å². The molecule has 1 heterocycles. The van der Waals surface area contributed by atoms with Crippen molar-refractivity contribution in [2.24, 2.45) is 0 Å². The number of hydrogen-bond acceptors (Lipinski definition) is 5. The van der Waals surface area contributed by atoms with Crippen molar-refractivity contribution in [2.75, 3.05) is 18.9 Å². The number of thioether (sulfide) groups is 1. The lowest BCUT2D eigenvalue weighted by molar-refractivity contribution is -0.122. The molecule has 2 aromatic carbocycles. The average molecular weight is 387 g/mol. The summed E-state index contributed by atoms with van der Waals surface area (Å²) in [6.45, 7) is 0.328. The Balaban J connectivity index is 1.38. The van der Waals surface area contributed by atoms with E-state index in [9.17, 15) is 14.0 Å². The Morgan fingerprint density at radius 2 is 1.96 bits per heavy atom. The van der Waals surface area contributed by atoms with E-state index in [2.05, 4.69) is 5.32 Å². The van der Waals surface area contributed by atoms with Gasteiger partial charge in [-0.2, -0.15) is 11.8 Å². The number of nitrogens with one attached hydrogen (secondary N) is 1. The molecule has 0 aliphatic carbocycles. The molecule has 140 valence electrons. The van der Waals surface area contributed by atoms with Crippen LogP contribution in [0.3, 0.4) is 0 Å². The molecule has 5 nitrogen and oxygen atoms in total. The molecule has 0 unspecified atom stereocenters. The van der Waals surface area contributed by atoms with Gasteiger partial charge in [-0.05, 0) is 29.8 Å². The summed E-state index contributed by atoms with van der Waals surface area (Å²) in [6.07, 6.45) is 0. The smallest absolute Gasteiger partial charge is 0.336 e. The fraction of sp³-hybridized carbons (Fsp3) is 0.200. The molecule has 0 atom stereocenters. The number of amides is 1. The Hall–Kier alpha value is -2.80. The predicted molar refractivity (Wildman–Crippen MR) is 104 cm³/mol. The number of ether oxygens (including phenoxy) is 1. The van der Waals surface area contributed by atoms with Crippen LogP contribution in [0, 0.1) is 5.82 Å². The molecule has 27 heavy (non-hydrogen) atoms. The topological polar surface area (TPSA) is 68.5 Å². The minimum absolute atomic E-state index is 0.138. The molecule has 7 heteroatoms. The quantitative estimate of drug-likeness (QED) is 0.474. The van der Waals surface area contributed by atoms with Crippen LogP contribution in [0.4, 0.5) is 4.39 Å². The molecular formula is C20H18FNO4S. The van der Waals surface area contributed by atoms with Crippen LogP contribution in [-0.2, 0) is 10.5 Å². The van der Waals surface area contributed by atoms with E-state index in [1.54, 1.807) is 54.2 Å². The molecule has 3 rings (SSSR count). The molecule has 0 fully saturated rings. The summed E-state index contributed by atoms with van der Waals surface area (Å²) in [6, 6.07) is 14.7. The number of carbonyl (C=O) groups excluding carboxylic acids is 1. The van der Waals surface area contributed by atoms with Gasteiger partial charge in [0.2, 0.25) is 0 Å². The van der Waals surface area contributed by atoms with Crippen LogP contribution in [0.5, 0.6) is 5.75 Å². The van der Waals surface area contributed by atoms with Gasteiger partial charge in [0.1, 0.15) is 17.1 Å². The first-order valence-corrected chi connectivity index (χ1v) is 9.52. The van der Waals surface area contributed by atoms with E-state index in [-0.39, 0.29) is 18.3 Å². The third kappa shape index (κ3) is 5.59. The van der Waals surface area contributed by atoms with Crippen molar-refractivity contribution in [2.45, 2.75) is 5.75 Å². The molecule has 0 spiro atoms. The molecule has 0 saturated carbocycles. The lowest BCUT2D eigenvalue weighted by Gasteiger charge is -2.08. The van der Waals surface area contributed by atoms with E-state index in [1.807, 2.05) is 0 Å². The maximum absolute atomic E-state index is 13.5. The summed E-state index contributed by atoms with van der Waals surface area (Å²) in [5, 5.41) is 3.52. The molecule has 1 aromatic heterocycles. The average Bonchev–Trinajstić information content (AvgIpc) is 2.67. The number of fused-ring (bicyclic) bond motifs is 1. The summed E-state index contributed by atoms with van der Waals surface area (Å²) in [5.41, 5.74) is 0.621. The lowest BCUT2D eigenvalue weighted by atomic mass is 10.2. The number of hydrogen-bond donors (Lipinski definition) is 1. The monoisotopic (exact) mass is 387 g/mol. The van der Waals surface area contributed by atoms with Crippen molar-refractivity contribution in [3.8, 4) is 5.75 Å². The number of benzene rings is 2. The second-order valence-electron chi connectivity index (χ2n) is 5.74. The largest absolute Gasteiger partial charge is 0.484 e. The van der Waals surface area contributed by atoms with Crippen molar-refractivity contribution in [3.63, 3.8) is 0 Å². The van der Waals surface area contributed by atoms with E-state index in [1.165, 1.54) is 12.1 Å². The van der Waals surface area contributed by atoms with Crippen molar-refractivity contribution >= 4 is 28.6 Å². The second kappa shape index (κ2) is 9.23. The molecule has 0 radical (unpaired) electrons. The summed E-state index contributed by atoms with van der Waals surface area (Å²) in [4.78, 5) is 23.1. The third-order valence-electron chi connectivity index (χ3n) is 3.75. The van der Waals surface area contributed by atoms with Gasteiger partial charge >= 0.3 is 5.63 Å². The predicted octanol–water partition coefficient (Wildman–Crippen LogP) is 3.36. The van der Waals surface area contributed by atoms with E-state index in [4.69, 9.17) is 9.15 Å². The zero-order valence-corrected chi connectivity index (χ0v) is 15.3. The highest BCUT2D eigenvalue weighted by molar-refractivity contribution is 7.98. The summed E-state index contributed by atoms with van der Waals surface area (Å²) < 4.78 is 24.0. The molecule has 0 bridgehead atoms. The van der Waals surface area contributed by atoms with Gasteiger partial charge < -0.3 is 14.5 Å². The van der Waals surface area contributed by atoms with Gasteiger partial charge in [-0.15, -0.1) is 0 Å².